The van der Waals surface area contributed by atoms with Gasteiger partial charge in [0.25, 0.3) is 0 Å². The average molecular weight is 215 g/mol. The van der Waals surface area contributed by atoms with E-state index >= 15 is 0 Å². The van der Waals surface area contributed by atoms with Crippen LogP contribution in [0.5, 0.6) is 0 Å². The van der Waals surface area contributed by atoms with E-state index in [1.165, 1.54) is 0 Å². The summed E-state index contributed by atoms with van der Waals surface area (Å²) in [6.07, 6.45) is 1.66. The highest BCUT2D eigenvalue weighted by Crippen LogP contribution is 2.13. The lowest BCUT2D eigenvalue weighted by Crippen LogP contribution is -1.98. The van der Waals surface area contributed by atoms with Crippen LogP contribution in [0, 0.1) is 11.3 Å². The Morgan fingerprint density at radius 1 is 1.47 bits per heavy atom. The van der Waals surface area contributed by atoms with Crippen molar-refractivity contribution in [3.05, 3.63) is 46.4 Å². The van der Waals surface area contributed by atoms with Crippen molar-refractivity contribution >= 4 is 17.0 Å². The lowest BCUT2D eigenvalue weighted by molar-refractivity contribution is 1.12. The number of aromatic nitrogens is 1. The van der Waals surface area contributed by atoms with Crippen molar-refractivity contribution in [2.75, 3.05) is 5.32 Å². The molecule has 2 aromatic heterocycles. The Balaban J connectivity index is 2.02. The molecular weight excluding hydrogens is 206 g/mol. The molecule has 0 saturated heterocycles. The van der Waals surface area contributed by atoms with Crippen LogP contribution < -0.4 is 5.32 Å². The number of pyridine rings is 1. The van der Waals surface area contributed by atoms with Crippen LogP contribution in [-0.2, 0) is 6.54 Å². The second-order valence-electron chi connectivity index (χ2n) is 3.03. The molecule has 0 fully saturated rings. The highest BCUT2D eigenvalue weighted by Gasteiger charge is 1.96. The van der Waals surface area contributed by atoms with Gasteiger partial charge in [-0.3, -0.25) is 0 Å². The van der Waals surface area contributed by atoms with Gasteiger partial charge in [-0.25, -0.2) is 4.98 Å². The highest BCUT2D eigenvalue weighted by atomic mass is 32.1. The molecule has 3 nitrogen and oxygen atoms in total. The summed E-state index contributed by atoms with van der Waals surface area (Å²) in [4.78, 5) is 3.92. The smallest absolute Gasteiger partial charge is 0.140 e. The van der Waals surface area contributed by atoms with Gasteiger partial charge in [0.05, 0.1) is 0 Å². The molecule has 0 aliphatic heterocycles. The first-order valence-electron chi connectivity index (χ1n) is 4.49. The standard InChI is InChI=1S/C11H9N3S/c12-6-11-5-9(1-3-13-11)7-14-10-2-4-15-8-10/h1-5,8,14H,7H2. The summed E-state index contributed by atoms with van der Waals surface area (Å²) in [5.41, 5.74) is 2.63. The predicted octanol–water partition coefficient (Wildman–Crippen LogP) is 2.63. The van der Waals surface area contributed by atoms with E-state index in [2.05, 4.69) is 10.3 Å². The number of anilines is 1. The van der Waals surface area contributed by atoms with Gasteiger partial charge in [0.15, 0.2) is 0 Å². The van der Waals surface area contributed by atoms with Crippen molar-refractivity contribution in [2.24, 2.45) is 0 Å². The van der Waals surface area contributed by atoms with Gasteiger partial charge in [0.2, 0.25) is 0 Å². The van der Waals surface area contributed by atoms with Crippen LogP contribution in [0.4, 0.5) is 5.69 Å². The zero-order chi connectivity index (χ0) is 10.5. The number of nitrogens with one attached hydrogen (secondary N) is 1. The van der Waals surface area contributed by atoms with Crippen molar-refractivity contribution in [3.63, 3.8) is 0 Å². The molecule has 0 aliphatic carbocycles. The Labute approximate surface area is 92.0 Å². The Bertz CT molecular complexity index is 471. The third kappa shape index (κ3) is 2.55. The number of nitrogens with zero attached hydrogens (tertiary/aromatic N) is 2. The lowest BCUT2D eigenvalue weighted by atomic mass is 10.2. The summed E-state index contributed by atoms with van der Waals surface area (Å²) in [6, 6.07) is 7.74. The molecule has 2 heterocycles. The van der Waals surface area contributed by atoms with Gasteiger partial charge in [-0.2, -0.15) is 16.6 Å². The molecule has 0 unspecified atom stereocenters. The monoisotopic (exact) mass is 215 g/mol. The second-order valence-corrected chi connectivity index (χ2v) is 3.81. The van der Waals surface area contributed by atoms with Crippen LogP contribution in [0.1, 0.15) is 11.3 Å². The minimum Gasteiger partial charge on any atom is -0.380 e. The fourth-order valence-electron chi connectivity index (χ4n) is 1.21. The number of nitriles is 1. The van der Waals surface area contributed by atoms with E-state index in [-0.39, 0.29) is 0 Å². The molecular formula is C11H9N3S. The molecule has 74 valence electrons. The maximum absolute atomic E-state index is 8.68. The Morgan fingerprint density at radius 3 is 3.13 bits per heavy atom. The van der Waals surface area contributed by atoms with Gasteiger partial charge in [-0.15, -0.1) is 0 Å². The van der Waals surface area contributed by atoms with Crippen LogP contribution >= 0.6 is 11.3 Å². The third-order valence-corrected chi connectivity index (χ3v) is 2.64. The molecule has 0 bridgehead atoms. The maximum atomic E-state index is 8.68. The molecule has 4 heteroatoms. The largest absolute Gasteiger partial charge is 0.380 e. The quantitative estimate of drug-likeness (QED) is 0.856. The lowest BCUT2D eigenvalue weighted by Gasteiger charge is -2.03. The van der Waals surface area contributed by atoms with E-state index in [1.807, 2.05) is 29.0 Å². The molecule has 15 heavy (non-hydrogen) atoms. The Hall–Kier alpha value is -1.86. The van der Waals surface area contributed by atoms with Gasteiger partial charge in [-0.1, -0.05) is 0 Å². The van der Waals surface area contributed by atoms with E-state index in [1.54, 1.807) is 23.6 Å². The van der Waals surface area contributed by atoms with Crippen molar-refractivity contribution in [3.8, 4) is 6.07 Å². The van der Waals surface area contributed by atoms with E-state index < -0.39 is 0 Å². The summed E-state index contributed by atoms with van der Waals surface area (Å²) in [7, 11) is 0. The van der Waals surface area contributed by atoms with Gasteiger partial charge in [0, 0.05) is 23.8 Å². The fraction of sp³-hybridized carbons (Fsp3) is 0.0909. The normalized spacial score (nSPS) is 9.53. The van der Waals surface area contributed by atoms with Crippen molar-refractivity contribution in [1.82, 2.24) is 4.98 Å². The summed E-state index contributed by atoms with van der Waals surface area (Å²) in [6.45, 7) is 0.716. The van der Waals surface area contributed by atoms with E-state index in [0.29, 0.717) is 12.2 Å². The van der Waals surface area contributed by atoms with Crippen molar-refractivity contribution < 1.29 is 0 Å². The van der Waals surface area contributed by atoms with Crippen LogP contribution in [-0.4, -0.2) is 4.98 Å². The van der Waals surface area contributed by atoms with Crippen LogP contribution in [0.25, 0.3) is 0 Å². The number of rotatable bonds is 3. The molecule has 0 aromatic carbocycles. The van der Waals surface area contributed by atoms with Crippen molar-refractivity contribution in [2.45, 2.75) is 6.54 Å². The summed E-state index contributed by atoms with van der Waals surface area (Å²) < 4.78 is 0. The molecule has 0 amide bonds. The SMILES string of the molecule is N#Cc1cc(CNc2ccsc2)ccn1. The van der Waals surface area contributed by atoms with Gasteiger partial charge >= 0.3 is 0 Å². The van der Waals surface area contributed by atoms with E-state index in [9.17, 15) is 0 Å². The second kappa shape index (κ2) is 4.58. The first kappa shape index (κ1) is 9.69. The summed E-state index contributed by atoms with van der Waals surface area (Å²) in [5.74, 6) is 0. The topological polar surface area (TPSA) is 48.7 Å². The summed E-state index contributed by atoms with van der Waals surface area (Å²) >= 11 is 1.66. The molecule has 2 aromatic rings. The van der Waals surface area contributed by atoms with E-state index in [0.717, 1.165) is 11.3 Å². The van der Waals surface area contributed by atoms with Crippen LogP contribution in [0.15, 0.2) is 35.2 Å². The Morgan fingerprint density at radius 2 is 2.40 bits per heavy atom. The number of thiophene rings is 1. The zero-order valence-corrected chi connectivity index (χ0v) is 8.79. The number of hydrogen-bond donors (Lipinski definition) is 1. The number of hydrogen-bond acceptors (Lipinski definition) is 4. The highest BCUT2D eigenvalue weighted by molar-refractivity contribution is 7.08. The minimum absolute atomic E-state index is 0.458. The fourth-order valence-corrected chi connectivity index (χ4v) is 1.83. The molecule has 1 N–H and O–H groups in total. The van der Waals surface area contributed by atoms with E-state index in [4.69, 9.17) is 5.26 Å². The molecule has 2 rings (SSSR count). The first-order chi connectivity index (χ1) is 7.38. The third-order valence-electron chi connectivity index (χ3n) is 1.96. The molecule has 0 atom stereocenters. The Kier molecular flexibility index (Phi) is 2.96. The minimum atomic E-state index is 0.458. The molecule has 0 saturated carbocycles. The van der Waals surface area contributed by atoms with Crippen LogP contribution in [0.2, 0.25) is 0 Å². The summed E-state index contributed by atoms with van der Waals surface area (Å²) in [5, 5.41) is 16.0. The first-order valence-corrected chi connectivity index (χ1v) is 5.44. The predicted molar refractivity (Wildman–Crippen MR) is 60.6 cm³/mol. The molecule has 0 aliphatic rings. The van der Waals surface area contributed by atoms with Gasteiger partial charge < -0.3 is 5.32 Å². The van der Waals surface area contributed by atoms with Crippen molar-refractivity contribution in [1.29, 1.82) is 5.26 Å². The van der Waals surface area contributed by atoms with Gasteiger partial charge in [0.1, 0.15) is 11.8 Å². The zero-order valence-electron chi connectivity index (χ0n) is 7.97. The average Bonchev–Trinajstić information content (AvgIpc) is 2.79. The van der Waals surface area contributed by atoms with Crippen LogP contribution in [0.3, 0.4) is 0 Å². The maximum Gasteiger partial charge on any atom is 0.140 e. The molecule has 0 radical (unpaired) electrons. The molecule has 0 spiro atoms. The van der Waals surface area contributed by atoms with Gasteiger partial charge in [-0.05, 0) is 29.1 Å².